The Morgan fingerprint density at radius 3 is 2.33 bits per heavy atom. The minimum atomic E-state index is -3.67. The van der Waals surface area contributed by atoms with Gasteiger partial charge in [-0.15, -0.1) is 6.58 Å². The average Bonchev–Trinajstić information content (AvgIpc) is 3.15. The van der Waals surface area contributed by atoms with Crippen molar-refractivity contribution in [3.8, 4) is 0 Å². The van der Waals surface area contributed by atoms with Crippen LogP contribution < -0.4 is 9.62 Å². The maximum atomic E-state index is 13.0. The molecule has 3 rings (SSSR count). The number of sulfonamides is 2. The van der Waals surface area contributed by atoms with E-state index in [0.29, 0.717) is 24.2 Å². The normalized spacial score (nSPS) is 14.0. The molecule has 30 heavy (non-hydrogen) atoms. The maximum Gasteiger partial charge on any atom is 0.258 e. The Kier molecular flexibility index (Phi) is 6.14. The van der Waals surface area contributed by atoms with Gasteiger partial charge in [-0.1, -0.05) is 6.08 Å². The van der Waals surface area contributed by atoms with Gasteiger partial charge in [-0.05, 0) is 54.4 Å². The van der Waals surface area contributed by atoms with Gasteiger partial charge in [0, 0.05) is 38.4 Å². The molecule has 2 aromatic carbocycles. The lowest BCUT2D eigenvalue weighted by atomic mass is 10.1. The van der Waals surface area contributed by atoms with E-state index in [-0.39, 0.29) is 22.2 Å². The summed E-state index contributed by atoms with van der Waals surface area (Å²) in [6.07, 6.45) is 1.98. The van der Waals surface area contributed by atoms with Crippen molar-refractivity contribution in [2.75, 3.05) is 32.1 Å². The van der Waals surface area contributed by atoms with Gasteiger partial charge in [-0.3, -0.25) is 4.79 Å². The second-order valence-electron chi connectivity index (χ2n) is 6.95. The second kappa shape index (κ2) is 8.31. The van der Waals surface area contributed by atoms with Crippen molar-refractivity contribution in [1.29, 1.82) is 0 Å². The molecule has 160 valence electrons. The van der Waals surface area contributed by atoms with E-state index in [1.54, 1.807) is 17.0 Å². The molecule has 0 spiro atoms. The molecule has 1 amide bonds. The summed E-state index contributed by atoms with van der Waals surface area (Å²) in [6.45, 7) is 4.00. The van der Waals surface area contributed by atoms with Crippen molar-refractivity contribution in [3.63, 3.8) is 0 Å². The van der Waals surface area contributed by atoms with Crippen LogP contribution in [0, 0.1) is 0 Å². The first-order valence-electron chi connectivity index (χ1n) is 9.16. The summed E-state index contributed by atoms with van der Waals surface area (Å²) in [4.78, 5) is 14.8. The maximum absolute atomic E-state index is 13.0. The molecule has 0 radical (unpaired) electrons. The number of nitrogens with zero attached hydrogens (tertiary/aromatic N) is 2. The molecular formula is C20H23N3O5S2. The Morgan fingerprint density at radius 1 is 1.10 bits per heavy atom. The first kappa shape index (κ1) is 22.2. The van der Waals surface area contributed by atoms with Crippen LogP contribution in [0.2, 0.25) is 0 Å². The summed E-state index contributed by atoms with van der Waals surface area (Å²) in [7, 11) is -4.28. The van der Waals surface area contributed by atoms with E-state index in [1.165, 1.54) is 50.5 Å². The summed E-state index contributed by atoms with van der Waals surface area (Å²) >= 11 is 0. The van der Waals surface area contributed by atoms with E-state index in [4.69, 9.17) is 0 Å². The number of anilines is 1. The number of carbonyl (C=O) groups is 1. The highest BCUT2D eigenvalue weighted by Crippen LogP contribution is 2.32. The van der Waals surface area contributed by atoms with Crippen LogP contribution in [-0.2, 0) is 26.5 Å². The fourth-order valence-corrected chi connectivity index (χ4v) is 5.10. The zero-order valence-electron chi connectivity index (χ0n) is 16.7. The number of hydrogen-bond acceptors (Lipinski definition) is 5. The van der Waals surface area contributed by atoms with Crippen molar-refractivity contribution < 1.29 is 21.6 Å². The first-order chi connectivity index (χ1) is 14.1. The molecule has 2 aromatic rings. The van der Waals surface area contributed by atoms with Crippen LogP contribution in [0.4, 0.5) is 5.69 Å². The van der Waals surface area contributed by atoms with Crippen molar-refractivity contribution in [2.45, 2.75) is 16.2 Å². The highest BCUT2D eigenvalue weighted by atomic mass is 32.2. The van der Waals surface area contributed by atoms with Gasteiger partial charge < -0.3 is 4.90 Å². The number of carbonyl (C=O) groups excluding carboxylic acids is 1. The van der Waals surface area contributed by atoms with Gasteiger partial charge in [0.2, 0.25) is 20.0 Å². The van der Waals surface area contributed by atoms with Gasteiger partial charge in [0.15, 0.2) is 0 Å². The smallest absolute Gasteiger partial charge is 0.258 e. The van der Waals surface area contributed by atoms with E-state index < -0.39 is 20.0 Å². The van der Waals surface area contributed by atoms with E-state index in [0.717, 1.165) is 9.87 Å². The van der Waals surface area contributed by atoms with Gasteiger partial charge in [-0.2, -0.15) is 0 Å². The molecule has 0 aromatic heterocycles. The molecule has 0 fully saturated rings. The van der Waals surface area contributed by atoms with Crippen LogP contribution in [0.1, 0.15) is 15.9 Å². The third-order valence-corrected chi connectivity index (χ3v) is 8.05. The predicted molar refractivity (Wildman–Crippen MR) is 115 cm³/mol. The van der Waals surface area contributed by atoms with Gasteiger partial charge >= 0.3 is 0 Å². The van der Waals surface area contributed by atoms with Crippen molar-refractivity contribution in [2.24, 2.45) is 0 Å². The fraction of sp³-hybridized carbons (Fsp3) is 0.250. The van der Waals surface area contributed by atoms with Crippen LogP contribution in [0.3, 0.4) is 0 Å². The van der Waals surface area contributed by atoms with Crippen LogP contribution >= 0.6 is 0 Å². The summed E-state index contributed by atoms with van der Waals surface area (Å²) in [5, 5.41) is 0. The summed E-state index contributed by atoms with van der Waals surface area (Å²) in [6, 6.07) is 10.4. The molecule has 1 aliphatic rings. The Balaban J connectivity index is 1.84. The Hall–Kier alpha value is -2.53. The Labute approximate surface area is 176 Å². The zero-order valence-corrected chi connectivity index (χ0v) is 18.3. The van der Waals surface area contributed by atoms with Gasteiger partial charge in [0.1, 0.15) is 0 Å². The van der Waals surface area contributed by atoms with Gasteiger partial charge in [0.25, 0.3) is 5.91 Å². The fourth-order valence-electron chi connectivity index (χ4n) is 3.14. The molecular weight excluding hydrogens is 426 g/mol. The molecule has 1 heterocycles. The number of nitrogens with one attached hydrogen (secondary N) is 1. The van der Waals surface area contributed by atoms with E-state index >= 15 is 0 Å². The van der Waals surface area contributed by atoms with Crippen molar-refractivity contribution in [3.05, 3.63) is 66.2 Å². The monoisotopic (exact) mass is 449 g/mol. The molecule has 10 heteroatoms. The van der Waals surface area contributed by atoms with Crippen LogP contribution in [0.15, 0.2) is 64.9 Å². The van der Waals surface area contributed by atoms with Crippen molar-refractivity contribution >= 4 is 31.6 Å². The summed E-state index contributed by atoms with van der Waals surface area (Å²) in [5.41, 5.74) is 1.77. The molecule has 0 aliphatic carbocycles. The molecule has 1 aliphatic heterocycles. The minimum Gasteiger partial charge on any atom is -0.308 e. The molecule has 0 bridgehead atoms. The lowest BCUT2D eigenvalue weighted by Gasteiger charge is -2.18. The quantitative estimate of drug-likeness (QED) is 0.647. The van der Waals surface area contributed by atoms with Crippen LogP contribution in [0.25, 0.3) is 0 Å². The van der Waals surface area contributed by atoms with E-state index in [2.05, 4.69) is 11.3 Å². The van der Waals surface area contributed by atoms with Gasteiger partial charge in [-0.25, -0.2) is 25.9 Å². The molecule has 8 nitrogen and oxygen atoms in total. The number of amides is 1. The first-order valence-corrected chi connectivity index (χ1v) is 12.1. The Morgan fingerprint density at radius 2 is 1.73 bits per heavy atom. The van der Waals surface area contributed by atoms with E-state index in [9.17, 15) is 21.6 Å². The van der Waals surface area contributed by atoms with Crippen LogP contribution in [0.5, 0.6) is 0 Å². The molecule has 0 unspecified atom stereocenters. The lowest BCUT2D eigenvalue weighted by Crippen LogP contribution is -2.29. The highest BCUT2D eigenvalue weighted by Gasteiger charge is 2.28. The minimum absolute atomic E-state index is 0.0567. The summed E-state index contributed by atoms with van der Waals surface area (Å²) < 4.78 is 52.5. The molecule has 1 N–H and O–H groups in total. The second-order valence-corrected chi connectivity index (χ2v) is 10.9. The SMILES string of the molecule is C=CCNS(=O)(=O)c1ccc(C(=O)N2CCc3cc(S(=O)(=O)N(C)C)ccc32)cc1. The van der Waals surface area contributed by atoms with Crippen molar-refractivity contribution in [1.82, 2.24) is 9.03 Å². The average molecular weight is 450 g/mol. The topological polar surface area (TPSA) is 104 Å². The third kappa shape index (κ3) is 4.17. The number of benzene rings is 2. The number of hydrogen-bond donors (Lipinski definition) is 1. The third-order valence-electron chi connectivity index (χ3n) is 4.80. The highest BCUT2D eigenvalue weighted by molar-refractivity contribution is 7.89. The molecule has 0 atom stereocenters. The van der Waals surface area contributed by atoms with Gasteiger partial charge in [0.05, 0.1) is 9.79 Å². The number of fused-ring (bicyclic) bond motifs is 1. The Bertz CT molecular complexity index is 1190. The lowest BCUT2D eigenvalue weighted by molar-refractivity contribution is 0.0989. The van der Waals surface area contributed by atoms with Crippen LogP contribution in [-0.4, -0.2) is 54.2 Å². The summed E-state index contributed by atoms with van der Waals surface area (Å²) in [5.74, 6) is -0.278. The predicted octanol–water partition coefficient (Wildman–Crippen LogP) is 1.60. The molecule has 0 saturated heterocycles. The molecule has 0 saturated carbocycles. The number of rotatable bonds is 7. The zero-order chi connectivity index (χ0) is 22.1. The van der Waals surface area contributed by atoms with E-state index in [1.807, 2.05) is 0 Å². The largest absolute Gasteiger partial charge is 0.308 e. The standard InChI is InChI=1S/C20H23N3O5S2/c1-4-12-21-29(25,26)17-7-5-15(6-8-17)20(24)23-13-11-16-14-18(9-10-19(16)23)30(27,28)22(2)3/h4-10,14,21H,1,11-13H2,2-3H3.